The molecule has 0 unspecified atom stereocenters. The van der Waals surface area contributed by atoms with Gasteiger partial charge in [0.15, 0.2) is 6.10 Å². The van der Waals surface area contributed by atoms with Crippen LogP contribution in [0.3, 0.4) is 0 Å². The number of unbranched alkanes of at least 4 members (excludes halogenated alkanes) is 26. The maximum atomic E-state index is 12.2. The van der Waals surface area contributed by atoms with Crippen LogP contribution in [-0.4, -0.2) is 49.2 Å². The fourth-order valence-electron chi connectivity index (χ4n) is 6.80. The maximum absolute atomic E-state index is 12.2. The van der Waals surface area contributed by atoms with Gasteiger partial charge in [-0.15, -0.1) is 0 Å². The number of carbonyl (C=O) groups excluding carboxylic acids is 5. The van der Waals surface area contributed by atoms with Gasteiger partial charge in [0.2, 0.25) is 0 Å². The third kappa shape index (κ3) is 63.0. The first-order chi connectivity index (χ1) is 31.6. The minimum Gasteiger partial charge on any atom is -0.550 e. The van der Waals surface area contributed by atoms with E-state index in [9.17, 15) is 34.2 Å². The molecule has 382 valence electrons. The number of hydrogen-bond donors (Lipinski definition) is 0. The first-order valence-electron chi connectivity index (χ1n) is 26.8. The molecule has 0 fully saturated rings. The number of hydrogen-bond acceptors (Lipinski definition) is 10. The van der Waals surface area contributed by atoms with Crippen LogP contribution in [0.15, 0.2) is 24.3 Å². The molecule has 10 nitrogen and oxygen atoms in total. The van der Waals surface area contributed by atoms with Crippen LogP contribution in [0.5, 0.6) is 0 Å². The molecule has 0 saturated carbocycles. The highest BCUT2D eigenvalue weighted by Crippen LogP contribution is 2.12. The smallest absolute Gasteiger partial charge is 0.306 e. The number of carboxylic acid groups (broad SMARTS) is 2. The second-order valence-electron chi connectivity index (χ2n) is 17.6. The Kier molecular flexibility index (Phi) is 57.9. The van der Waals surface area contributed by atoms with Gasteiger partial charge < -0.3 is 34.0 Å². The molecule has 0 atom stereocenters. The molecule has 0 aliphatic heterocycles. The van der Waals surface area contributed by atoms with Crippen LogP contribution in [0, 0.1) is 0 Å². The van der Waals surface area contributed by atoms with Crippen molar-refractivity contribution in [2.45, 2.75) is 285 Å². The Morgan fingerprint density at radius 3 is 0.985 bits per heavy atom. The van der Waals surface area contributed by atoms with Gasteiger partial charge in [-0.3, -0.25) is 14.4 Å². The van der Waals surface area contributed by atoms with Crippen molar-refractivity contribution in [3.63, 3.8) is 0 Å². The SMILES string of the molecule is CCCCC/C=C\C/C=C\CCCCCCCC(=O)[O-].CCCCCCCC(=O)OCC(COC(=O)CCCCCCC)OC(=O)CCCCCCC.CCCCCCCCCC(=O)[O-]. The molecule has 0 aliphatic carbocycles. The molecular formula is C55H100O10-2. The monoisotopic (exact) mass is 921 g/mol. The molecule has 0 aliphatic rings. The topological polar surface area (TPSA) is 159 Å². The van der Waals surface area contributed by atoms with Crippen molar-refractivity contribution in [3.05, 3.63) is 24.3 Å². The van der Waals surface area contributed by atoms with Crippen molar-refractivity contribution in [1.82, 2.24) is 0 Å². The standard InChI is InChI=1S/C27H50O6.C18H32O2.C10H20O2/c1-4-7-10-13-16-19-25(28)31-22-24(33-27(30)21-18-15-12-9-6-3)23-32-26(29)20-17-14-11-8-5-2;1-2-3-4-5-6-7-8-9-10-11-12-13-14-15-16-17-18(19)20;1-2-3-4-5-6-7-8-9-10(11)12/h24H,4-23H2,1-3H3;6-7,9-10H,2-5,8,11-17H2,1H3,(H,19,20);2-9H2,1H3,(H,11,12)/p-2/b;7-6-,10-9-;. The number of rotatable bonds is 45. The average Bonchev–Trinajstić information content (AvgIpc) is 3.28. The van der Waals surface area contributed by atoms with Crippen molar-refractivity contribution in [1.29, 1.82) is 0 Å². The van der Waals surface area contributed by atoms with Crippen LogP contribution in [0.25, 0.3) is 0 Å². The largest absolute Gasteiger partial charge is 0.550 e. The molecule has 65 heavy (non-hydrogen) atoms. The van der Waals surface area contributed by atoms with Gasteiger partial charge >= 0.3 is 17.9 Å². The molecule has 10 heteroatoms. The maximum Gasteiger partial charge on any atom is 0.306 e. The number of carboxylic acids is 2. The van der Waals surface area contributed by atoms with Crippen LogP contribution in [-0.2, 0) is 38.2 Å². The van der Waals surface area contributed by atoms with E-state index in [0.29, 0.717) is 19.3 Å². The zero-order valence-electron chi connectivity index (χ0n) is 42.8. The van der Waals surface area contributed by atoms with Crippen LogP contribution in [0.2, 0.25) is 0 Å². The highest BCUT2D eigenvalue weighted by molar-refractivity contribution is 5.71. The summed E-state index contributed by atoms with van der Waals surface area (Å²) in [6, 6.07) is 0. The summed E-state index contributed by atoms with van der Waals surface area (Å²) < 4.78 is 16.1. The summed E-state index contributed by atoms with van der Waals surface area (Å²) in [6.07, 6.45) is 46.3. The second kappa shape index (κ2) is 57.0. The van der Waals surface area contributed by atoms with E-state index in [1.165, 1.54) is 89.9 Å². The highest BCUT2D eigenvalue weighted by atomic mass is 16.6. The Morgan fingerprint density at radius 2 is 0.631 bits per heavy atom. The lowest BCUT2D eigenvalue weighted by Gasteiger charge is -2.18. The van der Waals surface area contributed by atoms with E-state index in [1.54, 1.807) is 0 Å². The molecule has 0 spiro atoms. The molecule has 0 aromatic rings. The van der Waals surface area contributed by atoms with E-state index in [4.69, 9.17) is 14.2 Å². The molecular weight excluding hydrogens is 821 g/mol. The average molecular weight is 921 g/mol. The number of ether oxygens (including phenoxy) is 3. The zero-order valence-corrected chi connectivity index (χ0v) is 42.8. The van der Waals surface area contributed by atoms with Gasteiger partial charge in [0.25, 0.3) is 0 Å². The number of allylic oxidation sites excluding steroid dienone is 4. The van der Waals surface area contributed by atoms with E-state index in [2.05, 4.69) is 58.9 Å². The number of esters is 3. The minimum atomic E-state index is -0.921. The van der Waals surface area contributed by atoms with E-state index in [0.717, 1.165) is 122 Å². The lowest BCUT2D eigenvalue weighted by atomic mass is 10.1. The highest BCUT2D eigenvalue weighted by Gasteiger charge is 2.19. The first kappa shape index (κ1) is 66.1. The van der Waals surface area contributed by atoms with Crippen molar-refractivity contribution in [2.75, 3.05) is 13.2 Å². The summed E-state index contributed by atoms with van der Waals surface area (Å²) in [4.78, 5) is 56.5. The Labute approximate surface area is 399 Å². The summed E-state index contributed by atoms with van der Waals surface area (Å²) in [5, 5.41) is 20.2. The summed E-state index contributed by atoms with van der Waals surface area (Å²) >= 11 is 0. The van der Waals surface area contributed by atoms with Crippen molar-refractivity contribution >= 4 is 29.8 Å². The Hall–Kier alpha value is -3.17. The molecule has 0 radical (unpaired) electrons. The van der Waals surface area contributed by atoms with E-state index in [-0.39, 0.29) is 44.0 Å². The Bertz CT molecular complexity index is 1090. The summed E-state index contributed by atoms with van der Waals surface area (Å²) in [6.45, 7) is 10.7. The van der Waals surface area contributed by atoms with Gasteiger partial charge in [-0.1, -0.05) is 207 Å². The van der Waals surface area contributed by atoms with Crippen molar-refractivity contribution < 1.29 is 48.4 Å². The lowest BCUT2D eigenvalue weighted by molar-refractivity contribution is -0.307. The van der Waals surface area contributed by atoms with E-state index >= 15 is 0 Å². The molecule has 0 bridgehead atoms. The van der Waals surface area contributed by atoms with Crippen molar-refractivity contribution in [2.24, 2.45) is 0 Å². The molecule has 0 amide bonds. The van der Waals surface area contributed by atoms with Gasteiger partial charge in [0, 0.05) is 31.2 Å². The summed E-state index contributed by atoms with van der Waals surface area (Å²) in [7, 11) is 0. The van der Waals surface area contributed by atoms with E-state index < -0.39 is 18.0 Å². The predicted octanol–water partition coefficient (Wildman–Crippen LogP) is 13.5. The molecule has 0 rings (SSSR count). The lowest BCUT2D eigenvalue weighted by Crippen LogP contribution is -2.30. The van der Waals surface area contributed by atoms with Crippen LogP contribution >= 0.6 is 0 Å². The van der Waals surface area contributed by atoms with Gasteiger partial charge in [0.05, 0.1) is 0 Å². The fourth-order valence-corrected chi connectivity index (χ4v) is 6.80. The quantitative estimate of drug-likeness (QED) is 0.0249. The van der Waals surface area contributed by atoms with E-state index in [1.807, 2.05) is 0 Å². The third-order valence-corrected chi connectivity index (χ3v) is 10.9. The van der Waals surface area contributed by atoms with Crippen LogP contribution < -0.4 is 10.2 Å². The summed E-state index contributed by atoms with van der Waals surface area (Å²) in [5.74, 6) is -2.76. The molecule has 0 heterocycles. The van der Waals surface area contributed by atoms with Crippen LogP contribution in [0.1, 0.15) is 279 Å². The van der Waals surface area contributed by atoms with Crippen LogP contribution in [0.4, 0.5) is 0 Å². The molecule has 0 aromatic carbocycles. The minimum absolute atomic E-state index is 0.0703. The van der Waals surface area contributed by atoms with Crippen molar-refractivity contribution in [3.8, 4) is 0 Å². The molecule has 0 N–H and O–H groups in total. The Morgan fingerprint density at radius 1 is 0.354 bits per heavy atom. The molecule has 0 aromatic heterocycles. The predicted molar refractivity (Wildman–Crippen MR) is 264 cm³/mol. The zero-order chi connectivity index (χ0) is 48.7. The normalized spacial score (nSPS) is 11.0. The van der Waals surface area contributed by atoms with Gasteiger partial charge in [-0.05, 0) is 77.0 Å². The third-order valence-electron chi connectivity index (χ3n) is 10.9. The van der Waals surface area contributed by atoms with Gasteiger partial charge in [-0.2, -0.15) is 0 Å². The number of aliphatic carboxylic acids is 2. The van der Waals surface area contributed by atoms with Gasteiger partial charge in [-0.25, -0.2) is 0 Å². The van der Waals surface area contributed by atoms with Gasteiger partial charge in [0.1, 0.15) is 13.2 Å². The Balaban J connectivity index is -0.00000101. The first-order valence-corrected chi connectivity index (χ1v) is 26.8. The second-order valence-corrected chi connectivity index (χ2v) is 17.6. The number of carbonyl (C=O) groups is 5. The fraction of sp³-hybridized carbons (Fsp3) is 0.836. The summed E-state index contributed by atoms with van der Waals surface area (Å²) in [5.41, 5.74) is 0. The molecule has 0 saturated heterocycles.